The monoisotopic (exact) mass is 521 g/mol. The van der Waals surface area contributed by atoms with E-state index in [1.165, 1.54) is 10.6 Å². The van der Waals surface area contributed by atoms with E-state index in [0.29, 0.717) is 41.0 Å². The Balaban J connectivity index is 0.992. The number of benzene rings is 1. The molecule has 0 aliphatic carbocycles. The lowest BCUT2D eigenvalue weighted by molar-refractivity contribution is 0.162. The summed E-state index contributed by atoms with van der Waals surface area (Å²) in [5.41, 5.74) is 7.97. The van der Waals surface area contributed by atoms with Crippen LogP contribution in [0.2, 0.25) is 0 Å². The lowest BCUT2D eigenvalue weighted by Crippen LogP contribution is -2.48. The summed E-state index contributed by atoms with van der Waals surface area (Å²) in [6, 6.07) is 10.7. The topological polar surface area (TPSA) is 122 Å². The number of rotatable bonds is 8. The smallest absolute Gasteiger partial charge is 0.228 e. The zero-order valence-electron chi connectivity index (χ0n) is 21.1. The van der Waals surface area contributed by atoms with E-state index >= 15 is 0 Å². The summed E-state index contributed by atoms with van der Waals surface area (Å²) in [6.45, 7) is 6.55. The van der Waals surface area contributed by atoms with E-state index in [2.05, 4.69) is 35.5 Å². The van der Waals surface area contributed by atoms with Crippen LogP contribution in [0.5, 0.6) is 5.75 Å². The van der Waals surface area contributed by atoms with Crippen LogP contribution in [0.4, 0.5) is 22.0 Å². The second kappa shape index (κ2) is 10.8. The Morgan fingerprint density at radius 2 is 1.95 bits per heavy atom. The van der Waals surface area contributed by atoms with Crippen molar-refractivity contribution >= 4 is 23.2 Å². The summed E-state index contributed by atoms with van der Waals surface area (Å²) in [4.78, 5) is 13.3. The number of nitrogens with one attached hydrogen (secondary N) is 2. The lowest BCUT2D eigenvalue weighted by atomic mass is 10.1. The number of halogens is 1. The molecular weight excluding hydrogens is 489 g/mol. The summed E-state index contributed by atoms with van der Waals surface area (Å²) >= 11 is 0. The van der Waals surface area contributed by atoms with Crippen LogP contribution < -0.4 is 26.0 Å². The Kier molecular flexibility index (Phi) is 6.97. The van der Waals surface area contributed by atoms with Crippen LogP contribution in [0.3, 0.4) is 0 Å². The Bertz CT molecular complexity index is 1360. The summed E-state index contributed by atoms with van der Waals surface area (Å²) in [5, 5.41) is 11.0. The molecular formula is C26H32FN9O2. The molecule has 2 aliphatic heterocycles. The molecule has 0 atom stereocenters. The van der Waals surface area contributed by atoms with Gasteiger partial charge in [-0.15, -0.1) is 0 Å². The van der Waals surface area contributed by atoms with Crippen LogP contribution in [0.1, 0.15) is 12.8 Å². The Hall–Kier alpha value is -3.90. The number of anilines is 3. The predicted octanol–water partition coefficient (Wildman–Crippen LogP) is 2.47. The molecule has 12 heteroatoms. The van der Waals surface area contributed by atoms with E-state index in [-0.39, 0.29) is 17.9 Å². The summed E-state index contributed by atoms with van der Waals surface area (Å²) < 4.78 is 27.8. The molecule has 5 heterocycles. The Morgan fingerprint density at radius 1 is 1.11 bits per heavy atom. The van der Waals surface area contributed by atoms with Crippen molar-refractivity contribution in [3.63, 3.8) is 0 Å². The van der Waals surface area contributed by atoms with Crippen molar-refractivity contribution in [2.24, 2.45) is 0 Å². The predicted molar refractivity (Wildman–Crippen MR) is 143 cm³/mol. The number of fused-ring (bicyclic) bond motifs is 1. The van der Waals surface area contributed by atoms with E-state index < -0.39 is 0 Å². The number of nitrogens with two attached hydrogens (primary N) is 1. The van der Waals surface area contributed by atoms with Crippen molar-refractivity contribution in [3.05, 3.63) is 48.5 Å². The van der Waals surface area contributed by atoms with Crippen molar-refractivity contribution < 1.29 is 13.5 Å². The van der Waals surface area contributed by atoms with Crippen LogP contribution in [-0.4, -0.2) is 82.9 Å². The van der Waals surface area contributed by atoms with Gasteiger partial charge in [0.25, 0.3) is 0 Å². The number of furan rings is 1. The standard InChI is InChI=1S/C26H32FN9O2/c27-20-16-19(38-18-5-7-29-8-6-18)3-4-22(20)35-13-11-34(12-14-35)10-9-30-26-31-24-17-21(23-2-1-15-37-23)33-36(24)25(28)32-26/h1-4,15-18,29H,5-14H2,(H3,28,30,31,32). The van der Waals surface area contributed by atoms with Gasteiger partial charge in [-0.1, -0.05) is 0 Å². The summed E-state index contributed by atoms with van der Waals surface area (Å²) in [5.74, 6) is 1.72. The minimum absolute atomic E-state index is 0.154. The van der Waals surface area contributed by atoms with Gasteiger partial charge in [0.1, 0.15) is 23.4 Å². The van der Waals surface area contributed by atoms with E-state index in [1.807, 2.05) is 24.3 Å². The quantitative estimate of drug-likeness (QED) is 0.319. The number of ether oxygens (including phenoxy) is 1. The SMILES string of the molecule is Nc1nc(NCCN2CCN(c3ccc(OC4CCNCC4)cc3F)CC2)nc2cc(-c3ccco3)nn12. The van der Waals surface area contributed by atoms with Crippen molar-refractivity contribution in [3.8, 4) is 17.2 Å². The van der Waals surface area contributed by atoms with Crippen LogP contribution in [-0.2, 0) is 0 Å². The molecule has 0 bridgehead atoms. The molecule has 0 saturated carbocycles. The molecule has 6 rings (SSSR count). The molecule has 4 aromatic rings. The number of piperidine rings is 1. The second-order valence-corrected chi connectivity index (χ2v) is 9.62. The molecule has 0 amide bonds. The third kappa shape index (κ3) is 5.36. The number of piperazine rings is 1. The fourth-order valence-corrected chi connectivity index (χ4v) is 4.99. The average Bonchev–Trinajstić information content (AvgIpc) is 3.61. The summed E-state index contributed by atoms with van der Waals surface area (Å²) in [6.07, 6.45) is 3.65. The fourth-order valence-electron chi connectivity index (χ4n) is 4.99. The third-order valence-corrected chi connectivity index (χ3v) is 7.05. The molecule has 2 fully saturated rings. The maximum absolute atomic E-state index is 14.9. The molecule has 4 N–H and O–H groups in total. The highest BCUT2D eigenvalue weighted by Gasteiger charge is 2.21. The number of hydrogen-bond acceptors (Lipinski definition) is 10. The number of nitrogen functional groups attached to an aromatic ring is 1. The van der Waals surface area contributed by atoms with Crippen molar-refractivity contribution in [1.29, 1.82) is 0 Å². The fraction of sp³-hybridized carbons (Fsp3) is 0.423. The van der Waals surface area contributed by atoms with Crippen molar-refractivity contribution in [2.75, 3.05) is 68.3 Å². The molecule has 38 heavy (non-hydrogen) atoms. The molecule has 2 saturated heterocycles. The zero-order chi connectivity index (χ0) is 25.9. The molecule has 1 aromatic carbocycles. The first-order valence-electron chi connectivity index (χ1n) is 13.1. The first-order valence-corrected chi connectivity index (χ1v) is 13.1. The van der Waals surface area contributed by atoms with Crippen LogP contribution in [0, 0.1) is 5.82 Å². The molecule has 11 nitrogen and oxygen atoms in total. The van der Waals surface area contributed by atoms with Gasteiger partial charge in [-0.05, 0) is 50.2 Å². The van der Waals surface area contributed by atoms with Gasteiger partial charge < -0.3 is 30.4 Å². The van der Waals surface area contributed by atoms with Crippen molar-refractivity contribution in [1.82, 2.24) is 29.8 Å². The van der Waals surface area contributed by atoms with E-state index in [9.17, 15) is 4.39 Å². The van der Waals surface area contributed by atoms with E-state index in [1.54, 1.807) is 12.3 Å². The molecule has 0 unspecified atom stereocenters. The molecule has 0 spiro atoms. The van der Waals surface area contributed by atoms with Gasteiger partial charge in [0.15, 0.2) is 11.4 Å². The first-order chi connectivity index (χ1) is 18.6. The van der Waals surface area contributed by atoms with Gasteiger partial charge in [0.05, 0.1) is 12.0 Å². The van der Waals surface area contributed by atoms with Gasteiger partial charge >= 0.3 is 0 Å². The van der Waals surface area contributed by atoms with Crippen LogP contribution in [0.25, 0.3) is 17.1 Å². The minimum Gasteiger partial charge on any atom is -0.490 e. The van der Waals surface area contributed by atoms with Gasteiger partial charge in [-0.3, -0.25) is 4.90 Å². The number of nitrogens with zero attached hydrogens (tertiary/aromatic N) is 6. The highest BCUT2D eigenvalue weighted by Crippen LogP contribution is 2.27. The highest BCUT2D eigenvalue weighted by atomic mass is 19.1. The maximum atomic E-state index is 14.9. The van der Waals surface area contributed by atoms with E-state index in [0.717, 1.165) is 58.7 Å². The lowest BCUT2D eigenvalue weighted by Gasteiger charge is -2.36. The van der Waals surface area contributed by atoms with Crippen LogP contribution in [0.15, 0.2) is 47.1 Å². The molecule has 3 aromatic heterocycles. The van der Waals surface area contributed by atoms with Gasteiger partial charge in [0.2, 0.25) is 11.9 Å². The molecule has 0 radical (unpaired) electrons. The maximum Gasteiger partial charge on any atom is 0.228 e. The highest BCUT2D eigenvalue weighted by molar-refractivity contribution is 5.61. The molecule has 2 aliphatic rings. The van der Waals surface area contributed by atoms with Gasteiger partial charge in [0, 0.05) is 51.4 Å². The number of hydrogen-bond donors (Lipinski definition) is 3. The Morgan fingerprint density at radius 3 is 2.71 bits per heavy atom. The Labute approximate surface area is 219 Å². The zero-order valence-corrected chi connectivity index (χ0v) is 21.1. The van der Waals surface area contributed by atoms with Crippen molar-refractivity contribution in [2.45, 2.75) is 18.9 Å². The largest absolute Gasteiger partial charge is 0.490 e. The molecule has 200 valence electrons. The average molecular weight is 522 g/mol. The summed E-state index contributed by atoms with van der Waals surface area (Å²) in [7, 11) is 0. The number of aromatic nitrogens is 4. The first kappa shape index (κ1) is 24.4. The normalized spacial score (nSPS) is 17.2. The van der Waals surface area contributed by atoms with Crippen LogP contribution >= 0.6 is 0 Å². The third-order valence-electron chi connectivity index (χ3n) is 7.05. The van der Waals surface area contributed by atoms with E-state index in [4.69, 9.17) is 14.9 Å². The minimum atomic E-state index is -0.230. The van der Waals surface area contributed by atoms with Gasteiger partial charge in [-0.25, -0.2) is 4.39 Å². The second-order valence-electron chi connectivity index (χ2n) is 9.62. The van der Waals surface area contributed by atoms with Gasteiger partial charge in [-0.2, -0.15) is 19.6 Å².